The van der Waals surface area contributed by atoms with Crippen LogP contribution in [0.3, 0.4) is 0 Å². The Morgan fingerprint density at radius 1 is 0.810 bits per heavy atom. The van der Waals surface area contributed by atoms with E-state index in [0.717, 1.165) is 5.56 Å². The summed E-state index contributed by atoms with van der Waals surface area (Å²) in [5.74, 6) is 0.623. The van der Waals surface area contributed by atoms with Crippen molar-refractivity contribution in [3.05, 3.63) is 65.2 Å². The van der Waals surface area contributed by atoms with Gasteiger partial charge in [0, 0.05) is 0 Å². The highest BCUT2D eigenvalue weighted by atomic mass is 16.5. The van der Waals surface area contributed by atoms with Gasteiger partial charge in [-0.3, -0.25) is 4.79 Å². The lowest BCUT2D eigenvalue weighted by Gasteiger charge is -1.99. The van der Waals surface area contributed by atoms with Crippen molar-refractivity contribution < 1.29 is 9.53 Å². The van der Waals surface area contributed by atoms with Crippen molar-refractivity contribution in [2.75, 3.05) is 0 Å². The Morgan fingerprint density at radius 3 is 1.52 bits per heavy atom. The van der Waals surface area contributed by atoms with Crippen LogP contribution in [0.25, 0.3) is 0 Å². The molecule has 0 fully saturated rings. The third kappa shape index (κ3) is 8.64. The summed E-state index contributed by atoms with van der Waals surface area (Å²) < 4.78 is 4.66. The summed E-state index contributed by atoms with van der Waals surface area (Å²) in [5, 5.41) is 0. The van der Waals surface area contributed by atoms with Gasteiger partial charge in [-0.05, 0) is 43.5 Å². The maximum absolute atomic E-state index is 9.90. The normalized spacial score (nSPS) is 8.62. The fourth-order valence-electron chi connectivity index (χ4n) is 1.40. The van der Waals surface area contributed by atoms with E-state index in [4.69, 9.17) is 0 Å². The van der Waals surface area contributed by atoms with E-state index in [-0.39, 0.29) is 0 Å². The van der Waals surface area contributed by atoms with Gasteiger partial charge in [0.15, 0.2) is 0 Å². The molecule has 0 spiro atoms. The molecule has 0 radical (unpaired) electrons. The molecule has 0 unspecified atom stereocenters. The zero-order valence-electron chi connectivity index (χ0n) is 13.7. The second-order valence-electron chi connectivity index (χ2n) is 4.77. The molecule has 2 rings (SSSR count). The number of hydrogen-bond donors (Lipinski definition) is 0. The molecule has 2 aromatic rings. The van der Waals surface area contributed by atoms with E-state index in [9.17, 15) is 4.79 Å². The van der Waals surface area contributed by atoms with Crippen molar-refractivity contribution in [1.29, 1.82) is 0 Å². The van der Waals surface area contributed by atoms with Gasteiger partial charge >= 0.3 is 0 Å². The Bertz CT molecular complexity index is 497. The highest BCUT2D eigenvalue weighted by molar-refractivity contribution is 5.47. The van der Waals surface area contributed by atoms with Gasteiger partial charge in [0.2, 0.25) is 0 Å². The fourth-order valence-corrected chi connectivity index (χ4v) is 1.40. The zero-order chi connectivity index (χ0) is 16.1. The predicted molar refractivity (Wildman–Crippen MR) is 89.8 cm³/mol. The first-order valence-corrected chi connectivity index (χ1v) is 7.24. The summed E-state index contributed by atoms with van der Waals surface area (Å²) in [4.78, 5) is 9.90. The molecule has 114 valence electrons. The number of carbonyl (C=O) groups is 1. The van der Waals surface area contributed by atoms with Gasteiger partial charge in [0.25, 0.3) is 6.47 Å². The highest BCUT2D eigenvalue weighted by Gasteiger charge is 1.93. The molecule has 0 aliphatic carbocycles. The fraction of sp³-hybridized carbons (Fsp3) is 0.316. The predicted octanol–water partition coefficient (Wildman–Crippen LogP) is 5.25. The molecule has 0 N–H and O–H groups in total. The summed E-state index contributed by atoms with van der Waals surface area (Å²) >= 11 is 0. The molecule has 0 heterocycles. The number of ether oxygens (including phenoxy) is 1. The maximum Gasteiger partial charge on any atom is 0.298 e. The average Bonchev–Trinajstić information content (AvgIpc) is 2.47. The van der Waals surface area contributed by atoms with Crippen LogP contribution in [0.2, 0.25) is 0 Å². The van der Waals surface area contributed by atoms with Gasteiger partial charge in [-0.2, -0.15) is 0 Å². The largest absolute Gasteiger partial charge is 0.428 e. The second kappa shape index (κ2) is 11.7. The topological polar surface area (TPSA) is 26.3 Å². The van der Waals surface area contributed by atoms with Crippen LogP contribution >= 0.6 is 0 Å². The molecule has 0 atom stereocenters. The molecule has 0 bridgehead atoms. The third-order valence-corrected chi connectivity index (χ3v) is 2.69. The van der Waals surface area contributed by atoms with Crippen molar-refractivity contribution in [3.63, 3.8) is 0 Å². The first kappa shape index (κ1) is 18.9. The zero-order valence-corrected chi connectivity index (χ0v) is 13.7. The van der Waals surface area contributed by atoms with Crippen LogP contribution in [0.1, 0.15) is 37.0 Å². The lowest BCUT2D eigenvalue weighted by atomic mass is 10.1. The Kier molecular flexibility index (Phi) is 10.5. The molecule has 0 aromatic heterocycles. The Balaban J connectivity index is 0.000000327. The summed E-state index contributed by atoms with van der Waals surface area (Å²) in [7, 11) is 0. The van der Waals surface area contributed by atoms with Crippen LogP contribution in [0.5, 0.6) is 5.75 Å². The molecule has 21 heavy (non-hydrogen) atoms. The smallest absolute Gasteiger partial charge is 0.298 e. The number of aryl methyl sites for hydroxylation is 3. The average molecular weight is 286 g/mol. The molecule has 2 nitrogen and oxygen atoms in total. The van der Waals surface area contributed by atoms with Crippen molar-refractivity contribution in [2.24, 2.45) is 0 Å². The lowest BCUT2D eigenvalue weighted by molar-refractivity contribution is -0.120. The van der Waals surface area contributed by atoms with Crippen LogP contribution in [0, 0.1) is 20.8 Å². The summed E-state index contributed by atoms with van der Waals surface area (Å²) in [6.45, 7) is 10.8. The molecule has 0 saturated heterocycles. The summed E-state index contributed by atoms with van der Waals surface area (Å²) in [6, 6.07) is 15.7. The van der Waals surface area contributed by atoms with Gasteiger partial charge < -0.3 is 4.74 Å². The lowest BCUT2D eigenvalue weighted by Crippen LogP contribution is -1.89. The second-order valence-corrected chi connectivity index (χ2v) is 4.77. The van der Waals surface area contributed by atoms with Gasteiger partial charge in [-0.25, -0.2) is 0 Å². The molecular formula is C19H26O2. The molecule has 0 aliphatic rings. The maximum atomic E-state index is 9.90. The minimum Gasteiger partial charge on any atom is -0.428 e. The van der Waals surface area contributed by atoms with Gasteiger partial charge in [0.1, 0.15) is 5.75 Å². The van der Waals surface area contributed by atoms with Gasteiger partial charge in [0.05, 0.1) is 0 Å². The van der Waals surface area contributed by atoms with E-state index < -0.39 is 0 Å². The summed E-state index contributed by atoms with van der Waals surface area (Å²) in [5.41, 5.74) is 3.70. The molecule has 0 aliphatic heterocycles. The molecule has 2 aromatic carbocycles. The van der Waals surface area contributed by atoms with E-state index in [2.05, 4.69) is 56.7 Å². The number of benzene rings is 2. The van der Waals surface area contributed by atoms with E-state index in [0.29, 0.717) is 12.2 Å². The number of rotatable bonds is 2. The van der Waals surface area contributed by atoms with Crippen molar-refractivity contribution >= 4 is 6.47 Å². The van der Waals surface area contributed by atoms with Crippen molar-refractivity contribution in [3.8, 4) is 5.75 Å². The van der Waals surface area contributed by atoms with Crippen LogP contribution in [0.15, 0.2) is 48.5 Å². The molecule has 2 heteroatoms. The van der Waals surface area contributed by atoms with Crippen LogP contribution in [0.4, 0.5) is 0 Å². The quantitative estimate of drug-likeness (QED) is 0.705. The molecular weight excluding hydrogens is 260 g/mol. The first-order chi connectivity index (χ1) is 10.1. The first-order valence-electron chi connectivity index (χ1n) is 7.24. The third-order valence-electron chi connectivity index (χ3n) is 2.69. The van der Waals surface area contributed by atoms with Crippen LogP contribution in [-0.2, 0) is 4.79 Å². The SMILES string of the molecule is CCC.Cc1ccccc1C.Cc1ccccc1OC=O. The highest BCUT2D eigenvalue weighted by Crippen LogP contribution is 2.14. The molecule has 0 amide bonds. The molecule has 0 saturated carbocycles. The Morgan fingerprint density at radius 2 is 1.19 bits per heavy atom. The monoisotopic (exact) mass is 286 g/mol. The number of hydrogen-bond acceptors (Lipinski definition) is 2. The van der Waals surface area contributed by atoms with Crippen molar-refractivity contribution in [2.45, 2.75) is 41.0 Å². The van der Waals surface area contributed by atoms with E-state index >= 15 is 0 Å². The van der Waals surface area contributed by atoms with E-state index in [1.54, 1.807) is 6.07 Å². The standard InChI is InChI=1S/C8H8O2.C8H10.C3H8/c1-7-4-2-3-5-8(7)10-6-9;1-7-5-3-4-6-8(7)2;1-3-2/h2-6H,1H3;3-6H,1-2H3;3H2,1-2H3. The van der Waals surface area contributed by atoms with Crippen molar-refractivity contribution in [1.82, 2.24) is 0 Å². The van der Waals surface area contributed by atoms with E-state index in [1.807, 2.05) is 25.1 Å². The van der Waals surface area contributed by atoms with E-state index in [1.165, 1.54) is 17.5 Å². The number of para-hydroxylation sites is 1. The van der Waals surface area contributed by atoms with Crippen LogP contribution < -0.4 is 4.74 Å². The van der Waals surface area contributed by atoms with Crippen LogP contribution in [-0.4, -0.2) is 6.47 Å². The minimum absolute atomic E-state index is 0.433. The summed E-state index contributed by atoms with van der Waals surface area (Å²) in [6.07, 6.45) is 1.25. The Labute approximate surface area is 128 Å². The van der Waals surface area contributed by atoms with Gasteiger partial charge in [-0.15, -0.1) is 0 Å². The van der Waals surface area contributed by atoms with Gasteiger partial charge in [-0.1, -0.05) is 62.7 Å². The Hall–Kier alpha value is -2.09. The minimum atomic E-state index is 0.433. The number of carbonyl (C=O) groups excluding carboxylic acids is 1.